The molecule has 0 bridgehead atoms. The molecule has 2 N–H and O–H groups in total. The molecular formula is C19H19ClN4O2. The fraction of sp³-hybridized carbons (Fsp3) is 0.158. The second-order valence-corrected chi connectivity index (χ2v) is 6.15. The number of aryl methyl sites for hydroxylation is 1. The highest BCUT2D eigenvalue weighted by Gasteiger charge is 2.21. The Hall–Kier alpha value is -2.99. The molecule has 0 aliphatic carbocycles. The normalized spacial score (nSPS) is 11.7. The zero-order chi connectivity index (χ0) is 18.5. The lowest BCUT2D eigenvalue weighted by Gasteiger charge is -2.20. The van der Waals surface area contributed by atoms with Gasteiger partial charge in [-0.25, -0.2) is 9.78 Å². The third-order valence-corrected chi connectivity index (χ3v) is 4.17. The molecule has 2 aromatic carbocycles. The Morgan fingerprint density at radius 3 is 2.65 bits per heavy atom. The van der Waals surface area contributed by atoms with Gasteiger partial charge in [-0.1, -0.05) is 23.7 Å². The third-order valence-electron chi connectivity index (χ3n) is 3.92. The second kappa shape index (κ2) is 7.93. The summed E-state index contributed by atoms with van der Waals surface area (Å²) in [6, 6.07) is 13.7. The van der Waals surface area contributed by atoms with Crippen LogP contribution in [0, 0.1) is 0 Å². The van der Waals surface area contributed by atoms with Gasteiger partial charge in [-0.2, -0.15) is 0 Å². The number of methoxy groups -OCH3 is 1. The summed E-state index contributed by atoms with van der Waals surface area (Å²) in [6.45, 7) is 0. The van der Waals surface area contributed by atoms with E-state index in [1.54, 1.807) is 37.6 Å². The highest BCUT2D eigenvalue weighted by molar-refractivity contribution is 6.30. The summed E-state index contributed by atoms with van der Waals surface area (Å²) >= 11 is 5.87. The minimum Gasteiger partial charge on any atom is -0.497 e. The number of urea groups is 1. The highest BCUT2D eigenvalue weighted by atomic mass is 35.5. The molecule has 7 heteroatoms. The number of amides is 2. The van der Waals surface area contributed by atoms with Crippen molar-refractivity contribution >= 4 is 23.3 Å². The lowest BCUT2D eigenvalue weighted by atomic mass is 10.1. The Labute approximate surface area is 156 Å². The molecule has 1 aromatic heterocycles. The van der Waals surface area contributed by atoms with Crippen molar-refractivity contribution in [3.8, 4) is 5.75 Å². The van der Waals surface area contributed by atoms with E-state index in [0.29, 0.717) is 22.3 Å². The lowest BCUT2D eigenvalue weighted by Crippen LogP contribution is -2.34. The van der Waals surface area contributed by atoms with Crippen LogP contribution in [-0.2, 0) is 7.05 Å². The van der Waals surface area contributed by atoms with Gasteiger partial charge >= 0.3 is 6.03 Å². The molecule has 0 saturated heterocycles. The highest BCUT2D eigenvalue weighted by Crippen LogP contribution is 2.24. The van der Waals surface area contributed by atoms with Crippen LogP contribution in [0.5, 0.6) is 5.75 Å². The Morgan fingerprint density at radius 1 is 1.23 bits per heavy atom. The maximum atomic E-state index is 12.5. The molecule has 0 spiro atoms. The molecule has 0 radical (unpaired) electrons. The summed E-state index contributed by atoms with van der Waals surface area (Å²) in [7, 11) is 3.49. The SMILES string of the molecule is COc1cccc([C@H](NC(=O)Nc2ccc(Cl)cc2)c2nccn2C)c1. The second-order valence-electron chi connectivity index (χ2n) is 5.71. The molecule has 134 valence electrons. The van der Waals surface area contributed by atoms with Gasteiger partial charge in [0.15, 0.2) is 0 Å². The zero-order valence-electron chi connectivity index (χ0n) is 14.4. The van der Waals surface area contributed by atoms with Gasteiger partial charge in [-0.3, -0.25) is 0 Å². The van der Waals surface area contributed by atoms with E-state index in [0.717, 1.165) is 5.56 Å². The van der Waals surface area contributed by atoms with Crippen LogP contribution in [0.15, 0.2) is 60.9 Å². The minimum atomic E-state index is -0.433. The molecule has 0 fully saturated rings. The first-order valence-corrected chi connectivity index (χ1v) is 8.39. The smallest absolute Gasteiger partial charge is 0.320 e. The first kappa shape index (κ1) is 17.8. The molecule has 0 aliphatic rings. The lowest BCUT2D eigenvalue weighted by molar-refractivity contribution is 0.249. The van der Waals surface area contributed by atoms with E-state index in [-0.39, 0.29) is 6.03 Å². The minimum absolute atomic E-state index is 0.344. The molecule has 0 saturated carbocycles. The number of halogens is 1. The van der Waals surface area contributed by atoms with Crippen LogP contribution in [-0.4, -0.2) is 22.7 Å². The summed E-state index contributed by atoms with van der Waals surface area (Å²) in [5.41, 5.74) is 1.51. The number of ether oxygens (including phenoxy) is 1. The summed E-state index contributed by atoms with van der Waals surface area (Å²) in [4.78, 5) is 16.9. The van der Waals surface area contributed by atoms with Crippen molar-refractivity contribution in [2.24, 2.45) is 7.05 Å². The number of nitrogens with zero attached hydrogens (tertiary/aromatic N) is 2. The molecule has 0 aliphatic heterocycles. The largest absolute Gasteiger partial charge is 0.497 e. The number of nitrogens with one attached hydrogen (secondary N) is 2. The van der Waals surface area contributed by atoms with Gasteiger partial charge in [0.1, 0.15) is 17.6 Å². The van der Waals surface area contributed by atoms with E-state index < -0.39 is 6.04 Å². The van der Waals surface area contributed by atoms with Crippen LogP contribution < -0.4 is 15.4 Å². The van der Waals surface area contributed by atoms with E-state index in [1.807, 2.05) is 42.1 Å². The molecule has 1 heterocycles. The molecule has 6 nitrogen and oxygen atoms in total. The molecular weight excluding hydrogens is 352 g/mol. The van der Waals surface area contributed by atoms with Gasteiger partial charge in [0.2, 0.25) is 0 Å². The van der Waals surface area contributed by atoms with Crippen LogP contribution in [0.1, 0.15) is 17.4 Å². The van der Waals surface area contributed by atoms with Crippen molar-refractivity contribution in [3.63, 3.8) is 0 Å². The number of carbonyl (C=O) groups excluding carboxylic acids is 1. The average molecular weight is 371 g/mol. The molecule has 3 aromatic rings. The number of carbonyl (C=O) groups is 1. The maximum absolute atomic E-state index is 12.5. The van der Waals surface area contributed by atoms with Crippen molar-refractivity contribution in [3.05, 3.63) is 77.3 Å². The number of rotatable bonds is 5. The molecule has 3 rings (SSSR count). The van der Waals surface area contributed by atoms with E-state index in [4.69, 9.17) is 16.3 Å². The monoisotopic (exact) mass is 370 g/mol. The van der Waals surface area contributed by atoms with E-state index in [1.165, 1.54) is 0 Å². The number of hydrogen-bond donors (Lipinski definition) is 2. The standard InChI is InChI=1S/C19H19ClN4O2/c1-24-11-10-21-18(24)17(13-4-3-5-16(12-13)26-2)23-19(25)22-15-8-6-14(20)7-9-15/h3-12,17H,1-2H3,(H2,22,23,25)/t17-/m0/s1. The van der Waals surface area contributed by atoms with Crippen molar-refractivity contribution in [1.29, 1.82) is 0 Å². The third kappa shape index (κ3) is 4.15. The quantitative estimate of drug-likeness (QED) is 0.713. The van der Waals surface area contributed by atoms with Crippen LogP contribution >= 0.6 is 11.6 Å². The van der Waals surface area contributed by atoms with Gasteiger partial charge in [-0.05, 0) is 42.0 Å². The van der Waals surface area contributed by atoms with E-state index in [9.17, 15) is 4.79 Å². The fourth-order valence-electron chi connectivity index (χ4n) is 2.60. The van der Waals surface area contributed by atoms with Gasteiger partial charge in [0.25, 0.3) is 0 Å². The Kier molecular flexibility index (Phi) is 5.43. The summed E-state index contributed by atoms with van der Waals surface area (Å²) in [5, 5.41) is 6.38. The van der Waals surface area contributed by atoms with Gasteiger partial charge in [0.05, 0.1) is 7.11 Å². The fourth-order valence-corrected chi connectivity index (χ4v) is 2.73. The predicted octanol–water partition coefficient (Wildman–Crippen LogP) is 3.99. The average Bonchev–Trinajstić information content (AvgIpc) is 3.07. The van der Waals surface area contributed by atoms with Crippen molar-refractivity contribution in [2.45, 2.75) is 6.04 Å². The molecule has 1 atom stereocenters. The Balaban J connectivity index is 1.85. The number of imidazole rings is 1. The topological polar surface area (TPSA) is 68.2 Å². The van der Waals surface area contributed by atoms with Crippen LogP contribution in [0.2, 0.25) is 5.02 Å². The number of benzene rings is 2. The van der Waals surface area contributed by atoms with Crippen molar-refractivity contribution < 1.29 is 9.53 Å². The van der Waals surface area contributed by atoms with Crippen LogP contribution in [0.3, 0.4) is 0 Å². The zero-order valence-corrected chi connectivity index (χ0v) is 15.2. The Morgan fingerprint density at radius 2 is 2.00 bits per heavy atom. The number of anilines is 1. The van der Waals surface area contributed by atoms with Crippen LogP contribution in [0.4, 0.5) is 10.5 Å². The number of hydrogen-bond acceptors (Lipinski definition) is 3. The van der Waals surface area contributed by atoms with Crippen molar-refractivity contribution in [1.82, 2.24) is 14.9 Å². The molecule has 2 amide bonds. The molecule has 0 unspecified atom stereocenters. The van der Waals surface area contributed by atoms with Gasteiger partial charge in [0, 0.05) is 30.2 Å². The summed E-state index contributed by atoms with van der Waals surface area (Å²) < 4.78 is 7.16. The van der Waals surface area contributed by atoms with Crippen LogP contribution in [0.25, 0.3) is 0 Å². The Bertz CT molecular complexity index is 893. The first-order chi connectivity index (χ1) is 12.6. The maximum Gasteiger partial charge on any atom is 0.320 e. The summed E-state index contributed by atoms with van der Waals surface area (Å²) in [6.07, 6.45) is 3.53. The van der Waals surface area contributed by atoms with Gasteiger partial charge < -0.3 is 19.9 Å². The van der Waals surface area contributed by atoms with Crippen molar-refractivity contribution in [2.75, 3.05) is 12.4 Å². The first-order valence-electron chi connectivity index (χ1n) is 8.01. The summed E-state index contributed by atoms with van der Waals surface area (Å²) in [5.74, 6) is 1.42. The number of aromatic nitrogens is 2. The van der Waals surface area contributed by atoms with Gasteiger partial charge in [-0.15, -0.1) is 0 Å². The predicted molar refractivity (Wildman–Crippen MR) is 102 cm³/mol. The van der Waals surface area contributed by atoms with E-state index in [2.05, 4.69) is 15.6 Å². The molecule has 26 heavy (non-hydrogen) atoms. The van der Waals surface area contributed by atoms with E-state index >= 15 is 0 Å².